The molecule has 2 aromatic heterocycles. The highest BCUT2D eigenvalue weighted by molar-refractivity contribution is 7.94. The van der Waals surface area contributed by atoms with Gasteiger partial charge in [0.25, 0.3) is 10.0 Å². The van der Waals surface area contributed by atoms with E-state index >= 15 is 0 Å². The van der Waals surface area contributed by atoms with Crippen LogP contribution < -0.4 is 10.0 Å². The summed E-state index contributed by atoms with van der Waals surface area (Å²) in [5.74, 6) is -0.422. The van der Waals surface area contributed by atoms with Crippen LogP contribution in [0, 0.1) is 5.92 Å². The molecule has 1 aromatic carbocycles. The molecule has 1 aliphatic heterocycles. The molecular formula is C21H22N4O4S3. The molecule has 8 nitrogen and oxygen atoms in total. The van der Waals surface area contributed by atoms with Crippen molar-refractivity contribution in [1.29, 1.82) is 0 Å². The SMILES string of the molecule is O=C(Nc1nccs1)C1CCCN(C(=O)Cc2ccc(NS(=O)(=O)c3cccs3)cc2)C1. The number of amides is 2. The van der Waals surface area contributed by atoms with E-state index in [-0.39, 0.29) is 28.4 Å². The largest absolute Gasteiger partial charge is 0.342 e. The number of nitrogens with zero attached hydrogens (tertiary/aromatic N) is 2. The molecule has 2 amide bonds. The van der Waals surface area contributed by atoms with Crippen LogP contribution in [0.3, 0.4) is 0 Å². The first-order valence-corrected chi connectivity index (χ1v) is 13.3. The number of thiazole rings is 1. The van der Waals surface area contributed by atoms with Crippen molar-refractivity contribution in [2.24, 2.45) is 5.92 Å². The van der Waals surface area contributed by atoms with Crippen LogP contribution in [-0.2, 0) is 26.0 Å². The molecule has 0 saturated carbocycles. The number of aromatic nitrogens is 1. The van der Waals surface area contributed by atoms with Gasteiger partial charge in [0, 0.05) is 30.4 Å². The Morgan fingerprint density at radius 2 is 1.94 bits per heavy atom. The van der Waals surface area contributed by atoms with E-state index in [2.05, 4.69) is 15.0 Å². The van der Waals surface area contributed by atoms with Gasteiger partial charge < -0.3 is 10.2 Å². The molecule has 11 heteroatoms. The monoisotopic (exact) mass is 490 g/mol. The molecule has 1 aliphatic rings. The first-order chi connectivity index (χ1) is 15.4. The highest BCUT2D eigenvalue weighted by Gasteiger charge is 2.28. The van der Waals surface area contributed by atoms with E-state index in [1.54, 1.807) is 58.3 Å². The summed E-state index contributed by atoms with van der Waals surface area (Å²) in [6.07, 6.45) is 3.33. The van der Waals surface area contributed by atoms with Crippen molar-refractivity contribution in [2.45, 2.75) is 23.5 Å². The van der Waals surface area contributed by atoms with Crippen molar-refractivity contribution in [1.82, 2.24) is 9.88 Å². The Hall–Kier alpha value is -2.76. The molecule has 3 heterocycles. The Morgan fingerprint density at radius 1 is 1.12 bits per heavy atom. The number of likely N-dealkylation sites (tertiary alicyclic amines) is 1. The van der Waals surface area contributed by atoms with Crippen molar-refractivity contribution in [3.63, 3.8) is 0 Å². The highest BCUT2D eigenvalue weighted by Crippen LogP contribution is 2.22. The fraction of sp³-hybridized carbons (Fsp3) is 0.286. The van der Waals surface area contributed by atoms with Gasteiger partial charge in [0.15, 0.2) is 5.13 Å². The zero-order valence-corrected chi connectivity index (χ0v) is 19.5. The topological polar surface area (TPSA) is 108 Å². The Bertz CT molecular complexity index is 1160. The molecule has 0 spiro atoms. The number of rotatable bonds is 7. The molecule has 1 fully saturated rings. The van der Waals surface area contributed by atoms with E-state index in [4.69, 9.17) is 0 Å². The van der Waals surface area contributed by atoms with Crippen molar-refractivity contribution >= 4 is 55.3 Å². The summed E-state index contributed by atoms with van der Waals surface area (Å²) in [6, 6.07) is 10.00. The molecular weight excluding hydrogens is 468 g/mol. The van der Waals surface area contributed by atoms with Crippen LogP contribution >= 0.6 is 22.7 Å². The maximum Gasteiger partial charge on any atom is 0.271 e. The Morgan fingerprint density at radius 3 is 2.62 bits per heavy atom. The molecule has 3 aromatic rings. The highest BCUT2D eigenvalue weighted by atomic mass is 32.2. The van der Waals surface area contributed by atoms with Gasteiger partial charge in [0.2, 0.25) is 11.8 Å². The number of benzene rings is 1. The Labute approximate surface area is 194 Å². The average molecular weight is 491 g/mol. The van der Waals surface area contributed by atoms with Crippen LogP contribution in [0.25, 0.3) is 0 Å². The van der Waals surface area contributed by atoms with Gasteiger partial charge in [-0.25, -0.2) is 13.4 Å². The average Bonchev–Trinajstić information content (AvgIpc) is 3.50. The number of piperidine rings is 1. The maximum atomic E-state index is 12.8. The fourth-order valence-corrected chi connectivity index (χ4v) is 6.09. The number of carbonyl (C=O) groups excluding carboxylic acids is 2. The van der Waals surface area contributed by atoms with Gasteiger partial charge in [-0.15, -0.1) is 22.7 Å². The summed E-state index contributed by atoms with van der Waals surface area (Å²) in [5, 5.41) is 6.88. The number of thiophene rings is 1. The summed E-state index contributed by atoms with van der Waals surface area (Å²) < 4.78 is 27.4. The van der Waals surface area contributed by atoms with Gasteiger partial charge in [-0.05, 0) is 42.0 Å². The minimum Gasteiger partial charge on any atom is -0.342 e. The third-order valence-electron chi connectivity index (χ3n) is 5.13. The van der Waals surface area contributed by atoms with E-state index in [1.165, 1.54) is 11.3 Å². The summed E-state index contributed by atoms with van der Waals surface area (Å²) in [5.41, 5.74) is 1.22. The lowest BCUT2D eigenvalue weighted by atomic mass is 9.96. The number of nitrogens with one attached hydrogen (secondary N) is 2. The van der Waals surface area contributed by atoms with Gasteiger partial charge in [0.1, 0.15) is 4.21 Å². The minimum absolute atomic E-state index is 0.0522. The summed E-state index contributed by atoms with van der Waals surface area (Å²) in [7, 11) is -3.60. The third kappa shape index (κ3) is 5.53. The van der Waals surface area contributed by atoms with Gasteiger partial charge in [-0.2, -0.15) is 0 Å². The second-order valence-corrected chi connectivity index (χ2v) is 11.2. The molecule has 2 N–H and O–H groups in total. The predicted molar refractivity (Wildman–Crippen MR) is 125 cm³/mol. The lowest BCUT2D eigenvalue weighted by molar-refractivity contribution is -0.133. The molecule has 0 radical (unpaired) electrons. The lowest BCUT2D eigenvalue weighted by Crippen LogP contribution is -2.44. The number of hydrogen-bond donors (Lipinski definition) is 2. The predicted octanol–water partition coefficient (Wildman–Crippen LogP) is 3.43. The summed E-state index contributed by atoms with van der Waals surface area (Å²) in [4.78, 5) is 31.1. The van der Waals surface area contributed by atoms with Crippen molar-refractivity contribution in [2.75, 3.05) is 23.1 Å². The van der Waals surface area contributed by atoms with Crippen molar-refractivity contribution in [3.8, 4) is 0 Å². The molecule has 1 saturated heterocycles. The fourth-order valence-electron chi connectivity index (χ4n) is 3.51. The van der Waals surface area contributed by atoms with Gasteiger partial charge in [-0.1, -0.05) is 18.2 Å². The van der Waals surface area contributed by atoms with Crippen LogP contribution in [0.4, 0.5) is 10.8 Å². The molecule has 1 atom stereocenters. The summed E-state index contributed by atoms with van der Waals surface area (Å²) >= 11 is 2.51. The molecule has 4 rings (SSSR count). The van der Waals surface area contributed by atoms with Crippen LogP contribution in [0.2, 0.25) is 0 Å². The first kappa shape index (κ1) is 22.4. The zero-order chi connectivity index (χ0) is 22.6. The maximum absolute atomic E-state index is 12.8. The molecule has 1 unspecified atom stereocenters. The van der Waals surface area contributed by atoms with E-state index < -0.39 is 10.0 Å². The van der Waals surface area contributed by atoms with Crippen LogP contribution in [0.15, 0.2) is 57.6 Å². The first-order valence-electron chi connectivity index (χ1n) is 10.0. The minimum atomic E-state index is -3.60. The second kappa shape index (κ2) is 9.80. The number of sulfonamides is 1. The van der Waals surface area contributed by atoms with E-state index in [0.717, 1.165) is 29.7 Å². The van der Waals surface area contributed by atoms with Crippen molar-refractivity contribution in [3.05, 3.63) is 58.9 Å². The standard InChI is InChI=1S/C21H22N4O4S3/c26-18(25-10-1-3-16(14-25)20(27)23-21-22-9-12-31-21)13-15-5-7-17(8-6-15)24-32(28,29)19-4-2-11-30-19/h2,4-9,11-12,16,24H,1,3,10,13-14H2,(H,22,23,27). The molecule has 0 aliphatic carbocycles. The van der Waals surface area contributed by atoms with Gasteiger partial charge >= 0.3 is 0 Å². The van der Waals surface area contributed by atoms with Crippen molar-refractivity contribution < 1.29 is 18.0 Å². The quantitative estimate of drug-likeness (QED) is 0.528. The van der Waals surface area contributed by atoms with Gasteiger partial charge in [-0.3, -0.25) is 14.3 Å². The lowest BCUT2D eigenvalue weighted by Gasteiger charge is -2.32. The van der Waals surface area contributed by atoms with E-state index in [1.807, 2.05) is 0 Å². The third-order valence-corrected chi connectivity index (χ3v) is 8.60. The van der Waals surface area contributed by atoms with Gasteiger partial charge in [0.05, 0.1) is 12.3 Å². The second-order valence-electron chi connectivity index (χ2n) is 7.42. The number of carbonyl (C=O) groups is 2. The molecule has 32 heavy (non-hydrogen) atoms. The van der Waals surface area contributed by atoms with Crippen LogP contribution in [0.5, 0.6) is 0 Å². The smallest absolute Gasteiger partial charge is 0.271 e. The Kier molecular flexibility index (Phi) is 6.87. The Balaban J connectivity index is 1.32. The zero-order valence-electron chi connectivity index (χ0n) is 17.1. The van der Waals surface area contributed by atoms with E-state index in [0.29, 0.717) is 23.9 Å². The molecule has 0 bridgehead atoms. The van der Waals surface area contributed by atoms with Crippen LogP contribution in [0.1, 0.15) is 18.4 Å². The van der Waals surface area contributed by atoms with E-state index in [9.17, 15) is 18.0 Å². The van der Waals surface area contributed by atoms with Crippen LogP contribution in [-0.4, -0.2) is 43.2 Å². The number of hydrogen-bond acceptors (Lipinski definition) is 7. The molecule has 168 valence electrons. The normalized spacial score (nSPS) is 16.5. The number of anilines is 2. The summed E-state index contributed by atoms with van der Waals surface area (Å²) in [6.45, 7) is 1.01.